The van der Waals surface area contributed by atoms with Crippen molar-refractivity contribution in [1.82, 2.24) is 0 Å². The molecule has 42 valence electrons. The van der Waals surface area contributed by atoms with Gasteiger partial charge in [-0.15, -0.1) is 0 Å². The van der Waals surface area contributed by atoms with Crippen molar-refractivity contribution in [3.63, 3.8) is 0 Å². The number of hydrogen-bond donors (Lipinski definition) is 0. The third-order valence-electron chi connectivity index (χ3n) is 0. The zero-order valence-electron chi connectivity index (χ0n) is 3.31. The molecule has 0 aromatic carbocycles. The Bertz CT molecular complexity index is 8.04. The maximum atomic E-state index is 8.33. The molecule has 0 aromatic heterocycles. The fourth-order valence-electron chi connectivity index (χ4n) is 0. The van der Waals surface area contributed by atoms with E-state index in [1.54, 1.807) is 0 Å². The van der Waals surface area contributed by atoms with Crippen LogP contribution in [0.3, 0.4) is 0 Å². The normalized spacial score (nSPS) is 0.429. The van der Waals surface area contributed by atoms with E-state index in [9.17, 15) is 0 Å². The van der Waals surface area contributed by atoms with E-state index < -0.39 is 0 Å². The van der Waals surface area contributed by atoms with Gasteiger partial charge in [0.25, 0.3) is 0 Å². The van der Waals surface area contributed by atoms with Crippen molar-refractivity contribution in [3.8, 4) is 0 Å². The molecule has 0 aliphatic rings. The molecule has 0 amide bonds. The minimum absolute atomic E-state index is 0. The molecule has 0 fully saturated rings. The van der Waals surface area contributed by atoms with Gasteiger partial charge in [-0.05, 0) is 0 Å². The van der Waals surface area contributed by atoms with Crippen LogP contribution in [0.25, 0.3) is 0 Å². The summed E-state index contributed by atoms with van der Waals surface area (Å²) in [5.74, 6) is 0. The van der Waals surface area contributed by atoms with Crippen molar-refractivity contribution in [2.45, 2.75) is 0 Å². The van der Waals surface area contributed by atoms with Crippen molar-refractivity contribution in [2.24, 2.45) is 0 Å². The first-order valence-corrected chi connectivity index (χ1v) is 1.36. The SMILES string of the molecule is [Ca+2].[OH-].[OH-].[OH-].[OH-].[O]=[W+2]. The molecular weight excluding hydrogens is 304 g/mol. The van der Waals surface area contributed by atoms with Crippen molar-refractivity contribution < 1.29 is 45.1 Å². The van der Waals surface area contributed by atoms with Gasteiger partial charge in [0.2, 0.25) is 0 Å². The summed E-state index contributed by atoms with van der Waals surface area (Å²) in [6.45, 7) is 0. The average Bonchev–Trinajstić information content (AvgIpc) is 1.00. The van der Waals surface area contributed by atoms with Gasteiger partial charge < -0.3 is 21.9 Å². The predicted octanol–water partition coefficient (Wildman–Crippen LogP) is -1.21. The van der Waals surface area contributed by atoms with Crippen LogP contribution in [-0.4, -0.2) is 59.6 Å². The van der Waals surface area contributed by atoms with Gasteiger partial charge >= 0.3 is 60.9 Å². The van der Waals surface area contributed by atoms with Gasteiger partial charge in [-0.3, -0.25) is 0 Å². The first-order chi connectivity index (χ1) is 1.00. The van der Waals surface area contributed by atoms with Crippen LogP contribution >= 0.6 is 0 Å². The molecule has 0 saturated carbocycles. The third-order valence-corrected chi connectivity index (χ3v) is 0. The summed E-state index contributed by atoms with van der Waals surface area (Å²) in [4.78, 5) is 0. The molecule has 0 aliphatic heterocycles. The van der Waals surface area contributed by atoms with E-state index in [2.05, 4.69) is 0 Å². The fraction of sp³-hybridized carbons (Fsp3) is 0. The predicted molar refractivity (Wildman–Crippen MR) is 14.2 cm³/mol. The second-order valence-electron chi connectivity index (χ2n) is 0. The summed E-state index contributed by atoms with van der Waals surface area (Å²) in [6.07, 6.45) is 0. The van der Waals surface area contributed by atoms with E-state index in [0.29, 0.717) is 19.8 Å². The molecule has 0 bridgehead atoms. The molecule has 0 rings (SSSR count). The second kappa shape index (κ2) is 131. The van der Waals surface area contributed by atoms with Crippen LogP contribution < -0.4 is 0 Å². The second-order valence-corrected chi connectivity index (χ2v) is 0. The zero-order valence-corrected chi connectivity index (χ0v) is 8.45. The van der Waals surface area contributed by atoms with Crippen molar-refractivity contribution in [3.05, 3.63) is 0 Å². The third kappa shape index (κ3) is 94.0. The summed E-state index contributed by atoms with van der Waals surface area (Å²) in [5, 5.41) is 0. The molecule has 7 heteroatoms. The van der Waals surface area contributed by atoms with Crippen LogP contribution in [0, 0.1) is 0 Å². The average molecular weight is 308 g/mol. The van der Waals surface area contributed by atoms with Crippen LogP contribution in [0.2, 0.25) is 0 Å². The summed E-state index contributed by atoms with van der Waals surface area (Å²) >= 11 is 0.333. The molecule has 0 spiro atoms. The van der Waals surface area contributed by atoms with Crippen LogP contribution in [-0.2, 0) is 23.2 Å². The number of hydrogen-bond acceptors (Lipinski definition) is 5. The van der Waals surface area contributed by atoms with Crippen molar-refractivity contribution >= 4 is 37.7 Å². The Morgan fingerprint density at radius 1 is 0.714 bits per heavy atom. The molecule has 0 aromatic rings. The summed E-state index contributed by atoms with van der Waals surface area (Å²) in [7, 11) is 0. The van der Waals surface area contributed by atoms with E-state index in [-0.39, 0.29) is 59.6 Å². The van der Waals surface area contributed by atoms with Crippen molar-refractivity contribution in [1.29, 1.82) is 0 Å². The summed E-state index contributed by atoms with van der Waals surface area (Å²) < 4.78 is 8.33. The van der Waals surface area contributed by atoms with Crippen LogP contribution in [0.5, 0.6) is 0 Å². The maximum absolute atomic E-state index is 8.33. The van der Waals surface area contributed by atoms with Crippen LogP contribution in [0.1, 0.15) is 0 Å². The quantitative estimate of drug-likeness (QED) is 0.517. The molecule has 4 N–H and O–H groups in total. The van der Waals surface area contributed by atoms with Gasteiger partial charge in [-0.1, -0.05) is 0 Å². The molecule has 0 atom stereocenters. The van der Waals surface area contributed by atoms with Crippen molar-refractivity contribution in [2.75, 3.05) is 0 Å². The first-order valence-electron chi connectivity index (χ1n) is 0.167. The topological polar surface area (TPSA) is 137 Å². The Kier molecular flexibility index (Phi) is 1380. The molecule has 5 nitrogen and oxygen atoms in total. The summed E-state index contributed by atoms with van der Waals surface area (Å²) in [6, 6.07) is 0. The standard InChI is InChI=1S/Ca.4H2O.O.W/h;4*1H2;;/q+2;;;;;;+2/p-4. The van der Waals surface area contributed by atoms with Crippen LogP contribution in [0.15, 0.2) is 0 Å². The molecule has 0 heterocycles. The van der Waals surface area contributed by atoms with Gasteiger partial charge in [0.05, 0.1) is 0 Å². The van der Waals surface area contributed by atoms with Gasteiger partial charge in [-0.25, -0.2) is 0 Å². The van der Waals surface area contributed by atoms with E-state index >= 15 is 0 Å². The van der Waals surface area contributed by atoms with E-state index in [1.165, 1.54) is 0 Å². The molecular formula is H4CaO5W. The van der Waals surface area contributed by atoms with Gasteiger partial charge in [-0.2, -0.15) is 0 Å². The Hall–Kier alpha value is 1.59. The van der Waals surface area contributed by atoms with Gasteiger partial charge in [0, 0.05) is 0 Å². The zero-order chi connectivity index (χ0) is 2.00. The Morgan fingerprint density at radius 3 is 0.714 bits per heavy atom. The minimum atomic E-state index is 0. The fourth-order valence-corrected chi connectivity index (χ4v) is 0. The van der Waals surface area contributed by atoms with Gasteiger partial charge in [0.15, 0.2) is 0 Å². The Labute approximate surface area is 81.9 Å². The van der Waals surface area contributed by atoms with Crippen LogP contribution in [0.4, 0.5) is 0 Å². The molecule has 0 saturated heterocycles. The summed E-state index contributed by atoms with van der Waals surface area (Å²) in [5.41, 5.74) is 0. The molecule has 7 heavy (non-hydrogen) atoms. The monoisotopic (exact) mass is 308 g/mol. The first kappa shape index (κ1) is 73.8. The van der Waals surface area contributed by atoms with E-state index in [0.717, 1.165) is 0 Å². The Balaban J connectivity index is -0.000000000500. The number of rotatable bonds is 0. The van der Waals surface area contributed by atoms with E-state index in [4.69, 9.17) is 3.40 Å². The molecule has 0 unspecified atom stereocenters. The molecule has 0 radical (unpaired) electrons. The van der Waals surface area contributed by atoms with E-state index in [1.807, 2.05) is 0 Å². The van der Waals surface area contributed by atoms with Gasteiger partial charge in [0.1, 0.15) is 0 Å². The Morgan fingerprint density at radius 2 is 0.714 bits per heavy atom. The molecule has 0 aliphatic carbocycles.